The highest BCUT2D eigenvalue weighted by Crippen LogP contribution is 2.31. The van der Waals surface area contributed by atoms with Gasteiger partial charge in [-0.1, -0.05) is 6.07 Å². The molecule has 1 N–H and O–H groups in total. The van der Waals surface area contributed by atoms with Gasteiger partial charge >= 0.3 is 12.4 Å². The van der Waals surface area contributed by atoms with Crippen LogP contribution in [0.15, 0.2) is 42.6 Å². The largest absolute Gasteiger partial charge is 0.480 e. The SMILES string of the molecule is COc1ncc(-c2nc(OCc3cccc(C(F)(F)F)n3)ccc2F)cc1NS(=O)CC(F)(F)F. The van der Waals surface area contributed by atoms with Crippen LogP contribution >= 0.6 is 0 Å². The molecule has 0 radical (unpaired) electrons. The van der Waals surface area contributed by atoms with Crippen molar-refractivity contribution in [3.05, 3.63) is 59.8 Å². The molecule has 3 aromatic heterocycles. The molecule has 0 bridgehead atoms. The van der Waals surface area contributed by atoms with Gasteiger partial charge in [-0.15, -0.1) is 0 Å². The molecule has 0 aliphatic carbocycles. The van der Waals surface area contributed by atoms with Gasteiger partial charge in [0.15, 0.2) is 0 Å². The van der Waals surface area contributed by atoms with Crippen LogP contribution in [-0.2, 0) is 23.8 Å². The zero-order valence-electron chi connectivity index (χ0n) is 17.6. The molecule has 0 spiro atoms. The average Bonchev–Trinajstić information content (AvgIpc) is 2.77. The first-order valence-electron chi connectivity index (χ1n) is 9.44. The van der Waals surface area contributed by atoms with Crippen molar-refractivity contribution in [2.24, 2.45) is 0 Å². The van der Waals surface area contributed by atoms with E-state index < -0.39 is 47.2 Å². The van der Waals surface area contributed by atoms with Crippen LogP contribution in [0, 0.1) is 5.82 Å². The highest BCUT2D eigenvalue weighted by atomic mass is 32.2. The third-order valence-corrected chi connectivity index (χ3v) is 5.16. The lowest BCUT2D eigenvalue weighted by atomic mass is 10.1. The molecule has 0 aromatic carbocycles. The molecule has 0 saturated carbocycles. The number of halogens is 7. The van der Waals surface area contributed by atoms with Gasteiger partial charge in [-0.05, 0) is 24.3 Å². The summed E-state index contributed by atoms with van der Waals surface area (Å²) in [6.45, 7) is -0.411. The third kappa shape index (κ3) is 7.24. The summed E-state index contributed by atoms with van der Waals surface area (Å²) >= 11 is 0. The Balaban J connectivity index is 1.83. The molecule has 15 heteroatoms. The number of alkyl halides is 6. The predicted octanol–water partition coefficient (Wildman–Crippen LogP) is 4.92. The minimum atomic E-state index is -4.70. The number of hydrogen-bond donors (Lipinski definition) is 1. The van der Waals surface area contributed by atoms with E-state index in [4.69, 9.17) is 9.47 Å². The van der Waals surface area contributed by atoms with Crippen molar-refractivity contribution in [2.75, 3.05) is 17.6 Å². The lowest BCUT2D eigenvalue weighted by molar-refractivity contribution is -0.141. The van der Waals surface area contributed by atoms with Gasteiger partial charge in [-0.3, -0.25) is 4.72 Å². The predicted molar refractivity (Wildman–Crippen MR) is 110 cm³/mol. The second-order valence-electron chi connectivity index (χ2n) is 6.77. The van der Waals surface area contributed by atoms with Crippen molar-refractivity contribution in [1.82, 2.24) is 15.0 Å². The van der Waals surface area contributed by atoms with Crippen LogP contribution in [0.5, 0.6) is 11.8 Å². The van der Waals surface area contributed by atoms with Crippen LogP contribution < -0.4 is 14.2 Å². The van der Waals surface area contributed by atoms with E-state index in [1.807, 2.05) is 0 Å². The summed E-state index contributed by atoms with van der Waals surface area (Å²) in [7, 11) is -1.40. The second kappa shape index (κ2) is 10.4. The van der Waals surface area contributed by atoms with Gasteiger partial charge in [0.1, 0.15) is 46.2 Å². The Hall–Kier alpha value is -3.49. The zero-order valence-corrected chi connectivity index (χ0v) is 18.4. The normalized spacial score (nSPS) is 12.8. The van der Waals surface area contributed by atoms with Gasteiger partial charge in [-0.2, -0.15) is 26.3 Å². The Kier molecular flexibility index (Phi) is 7.77. The van der Waals surface area contributed by atoms with Crippen molar-refractivity contribution in [3.8, 4) is 23.0 Å². The van der Waals surface area contributed by atoms with Gasteiger partial charge in [0.05, 0.1) is 12.8 Å². The maximum atomic E-state index is 14.5. The van der Waals surface area contributed by atoms with Crippen molar-refractivity contribution >= 4 is 16.7 Å². The van der Waals surface area contributed by atoms with Crippen molar-refractivity contribution < 1.29 is 44.4 Å². The zero-order chi connectivity index (χ0) is 25.8. The van der Waals surface area contributed by atoms with Gasteiger partial charge in [-0.25, -0.2) is 23.6 Å². The smallest absolute Gasteiger partial charge is 0.433 e. The van der Waals surface area contributed by atoms with E-state index in [9.17, 15) is 34.9 Å². The van der Waals surface area contributed by atoms with Crippen LogP contribution in [0.2, 0.25) is 0 Å². The summed E-state index contributed by atoms with van der Waals surface area (Å²) in [5.74, 6) is -2.89. The molecule has 0 amide bonds. The maximum absolute atomic E-state index is 14.5. The molecule has 7 nitrogen and oxygen atoms in total. The molecule has 188 valence electrons. The van der Waals surface area contributed by atoms with E-state index in [2.05, 4.69) is 19.7 Å². The quantitative estimate of drug-likeness (QED) is 0.421. The van der Waals surface area contributed by atoms with Crippen LogP contribution in [-0.4, -0.2) is 38.2 Å². The molecule has 0 aliphatic rings. The monoisotopic (exact) mass is 524 g/mol. The van der Waals surface area contributed by atoms with E-state index in [-0.39, 0.29) is 34.4 Å². The Morgan fingerprint density at radius 2 is 1.80 bits per heavy atom. The summed E-state index contributed by atoms with van der Waals surface area (Å²) in [5, 5.41) is 0. The summed E-state index contributed by atoms with van der Waals surface area (Å²) in [6, 6.07) is 6.47. The summed E-state index contributed by atoms with van der Waals surface area (Å²) in [6.07, 6.45) is -8.24. The van der Waals surface area contributed by atoms with Gasteiger partial charge in [0, 0.05) is 17.8 Å². The van der Waals surface area contributed by atoms with Crippen molar-refractivity contribution in [2.45, 2.75) is 19.0 Å². The average molecular weight is 524 g/mol. The van der Waals surface area contributed by atoms with E-state index in [0.29, 0.717) is 0 Å². The van der Waals surface area contributed by atoms with Gasteiger partial charge in [0.2, 0.25) is 11.8 Å². The number of nitrogens with zero attached hydrogens (tertiary/aromatic N) is 3. The lowest BCUT2D eigenvalue weighted by Crippen LogP contribution is -2.23. The Bertz CT molecular complexity index is 1220. The van der Waals surface area contributed by atoms with E-state index in [0.717, 1.165) is 36.5 Å². The molecule has 0 saturated heterocycles. The van der Waals surface area contributed by atoms with Crippen LogP contribution in [0.25, 0.3) is 11.3 Å². The number of hydrogen-bond acceptors (Lipinski definition) is 6. The first kappa shape index (κ1) is 26.1. The molecular weight excluding hydrogens is 509 g/mol. The molecule has 35 heavy (non-hydrogen) atoms. The Labute approximate surface area is 195 Å². The first-order valence-corrected chi connectivity index (χ1v) is 10.8. The minimum Gasteiger partial charge on any atom is -0.480 e. The van der Waals surface area contributed by atoms with Crippen LogP contribution in [0.1, 0.15) is 11.4 Å². The Morgan fingerprint density at radius 3 is 2.46 bits per heavy atom. The highest BCUT2D eigenvalue weighted by Gasteiger charge is 2.32. The molecule has 0 fully saturated rings. The molecule has 3 rings (SSSR count). The molecule has 3 aromatic rings. The highest BCUT2D eigenvalue weighted by molar-refractivity contribution is 7.86. The van der Waals surface area contributed by atoms with Gasteiger partial charge in [0.25, 0.3) is 0 Å². The molecule has 1 atom stereocenters. The standard InChI is InChI=1S/C20H15F7N4O3S/c1-33-18-14(31-35(32)10-19(22,23)24)7-11(8-28-18)17-13(21)5-6-16(30-17)34-9-12-3-2-4-15(29-12)20(25,26)27/h2-8,31H,9-10H2,1H3. The molecule has 3 heterocycles. The van der Waals surface area contributed by atoms with Gasteiger partial charge < -0.3 is 9.47 Å². The van der Waals surface area contributed by atoms with E-state index >= 15 is 0 Å². The van der Waals surface area contributed by atoms with Crippen molar-refractivity contribution in [1.29, 1.82) is 0 Å². The van der Waals surface area contributed by atoms with Crippen LogP contribution in [0.3, 0.4) is 0 Å². The number of ether oxygens (including phenoxy) is 2. The number of aromatic nitrogens is 3. The molecule has 1 unspecified atom stereocenters. The number of nitrogens with one attached hydrogen (secondary N) is 1. The number of pyridine rings is 3. The second-order valence-corrected chi connectivity index (χ2v) is 7.95. The fraction of sp³-hybridized carbons (Fsp3) is 0.250. The fourth-order valence-electron chi connectivity index (χ4n) is 2.70. The maximum Gasteiger partial charge on any atom is 0.433 e. The number of rotatable bonds is 8. The van der Waals surface area contributed by atoms with E-state index in [1.165, 1.54) is 13.2 Å². The topological polar surface area (TPSA) is 86.2 Å². The Morgan fingerprint density at radius 1 is 1.06 bits per heavy atom. The molecular formula is C20H15F7N4O3S. The molecule has 0 aliphatic heterocycles. The minimum absolute atomic E-state index is 0.0301. The van der Waals surface area contributed by atoms with E-state index in [1.54, 1.807) is 0 Å². The number of methoxy groups -OCH3 is 1. The summed E-state index contributed by atoms with van der Waals surface area (Å²) < 4.78 is 115. The van der Waals surface area contributed by atoms with Crippen LogP contribution in [0.4, 0.5) is 36.4 Å². The lowest BCUT2D eigenvalue weighted by Gasteiger charge is -2.13. The third-order valence-electron chi connectivity index (χ3n) is 4.12. The van der Waals surface area contributed by atoms with Crippen molar-refractivity contribution in [3.63, 3.8) is 0 Å². The summed E-state index contributed by atoms with van der Waals surface area (Å²) in [5.41, 5.74) is -1.75. The first-order chi connectivity index (χ1) is 16.4. The number of anilines is 1. The summed E-state index contributed by atoms with van der Waals surface area (Å²) in [4.78, 5) is 11.3. The fourth-order valence-corrected chi connectivity index (χ4v) is 3.46.